The molecule has 1 saturated heterocycles. The number of piperazine rings is 1. The number of pyridine rings is 2. The number of hydrogen-bond acceptors (Lipinski definition) is 9. The highest BCUT2D eigenvalue weighted by atomic mass is 19.1. The number of para-hydroxylation sites is 1. The number of carbonyl (C=O) groups is 1. The van der Waals surface area contributed by atoms with Crippen LogP contribution >= 0.6 is 0 Å². The van der Waals surface area contributed by atoms with Gasteiger partial charge in [-0.2, -0.15) is 10.1 Å². The first-order valence-corrected chi connectivity index (χ1v) is 16.1. The number of amides is 1. The molecule has 1 amide bonds. The van der Waals surface area contributed by atoms with Gasteiger partial charge in [-0.1, -0.05) is 12.1 Å². The molecule has 250 valence electrons. The van der Waals surface area contributed by atoms with Gasteiger partial charge in [0.15, 0.2) is 23.1 Å². The molecule has 6 heterocycles. The molecular formula is C34H38FN8O5+. The molecular weight excluding hydrogens is 619 g/mol. The summed E-state index contributed by atoms with van der Waals surface area (Å²) in [4.78, 5) is 40.0. The average Bonchev–Trinajstić information content (AvgIpc) is 3.53. The lowest BCUT2D eigenvalue weighted by molar-refractivity contribution is -0.680. The number of benzene rings is 1. The van der Waals surface area contributed by atoms with E-state index < -0.39 is 29.2 Å². The van der Waals surface area contributed by atoms with Gasteiger partial charge in [0.1, 0.15) is 22.7 Å². The molecule has 7 rings (SSSR count). The number of aliphatic hydroxyl groups excluding tert-OH is 1. The van der Waals surface area contributed by atoms with Gasteiger partial charge in [-0.15, -0.1) is 4.57 Å². The Labute approximate surface area is 275 Å². The summed E-state index contributed by atoms with van der Waals surface area (Å²) >= 11 is 0. The molecule has 1 fully saturated rings. The van der Waals surface area contributed by atoms with Gasteiger partial charge in [0.2, 0.25) is 5.69 Å². The molecule has 0 spiro atoms. The van der Waals surface area contributed by atoms with Crippen LogP contribution < -0.4 is 19.9 Å². The van der Waals surface area contributed by atoms with Crippen LogP contribution in [0.3, 0.4) is 0 Å². The summed E-state index contributed by atoms with van der Waals surface area (Å²) in [7, 11) is 0. The van der Waals surface area contributed by atoms with Crippen molar-refractivity contribution in [2.45, 2.75) is 58.7 Å². The Morgan fingerprint density at radius 1 is 1.21 bits per heavy atom. The van der Waals surface area contributed by atoms with Gasteiger partial charge in [-0.3, -0.25) is 10.1 Å². The molecule has 1 aromatic carbocycles. The minimum atomic E-state index is -0.640. The number of anilines is 1. The highest BCUT2D eigenvalue weighted by molar-refractivity contribution is 5.94. The maximum absolute atomic E-state index is 16.8. The number of nitrogens with one attached hydrogen (secondary N) is 1. The number of aromatic amines is 1. The Bertz CT molecular complexity index is 2120. The van der Waals surface area contributed by atoms with Crippen LogP contribution in [0.1, 0.15) is 52.8 Å². The maximum Gasteiger partial charge on any atom is 0.442 e. The molecule has 5 aromatic rings. The predicted molar refractivity (Wildman–Crippen MR) is 176 cm³/mol. The highest BCUT2D eigenvalue weighted by Gasteiger charge is 2.42. The van der Waals surface area contributed by atoms with Crippen LogP contribution in [0.4, 0.5) is 15.0 Å². The monoisotopic (exact) mass is 657 g/mol. The Balaban J connectivity index is 1.46. The summed E-state index contributed by atoms with van der Waals surface area (Å²) in [6.45, 7) is 10.5. The second-order valence-electron chi connectivity index (χ2n) is 13.3. The second kappa shape index (κ2) is 11.8. The third kappa shape index (κ3) is 5.20. The normalized spacial score (nSPS) is 17.6. The van der Waals surface area contributed by atoms with E-state index in [4.69, 9.17) is 9.47 Å². The van der Waals surface area contributed by atoms with Crippen molar-refractivity contribution in [3.05, 3.63) is 64.7 Å². The number of fused-ring (bicyclic) bond motifs is 3. The van der Waals surface area contributed by atoms with E-state index in [1.165, 1.54) is 10.6 Å². The number of nitrogens with zero attached hydrogens (tertiary/aromatic N) is 7. The summed E-state index contributed by atoms with van der Waals surface area (Å²) in [5.41, 5.74) is 1.63. The van der Waals surface area contributed by atoms with E-state index in [9.17, 15) is 14.7 Å². The lowest BCUT2D eigenvalue weighted by Crippen LogP contribution is -2.56. The van der Waals surface area contributed by atoms with E-state index in [0.29, 0.717) is 71.1 Å². The van der Waals surface area contributed by atoms with Gasteiger partial charge in [0, 0.05) is 56.4 Å². The Morgan fingerprint density at radius 2 is 2.02 bits per heavy atom. The third-order valence-electron chi connectivity index (χ3n) is 8.82. The molecule has 2 aliphatic heterocycles. The van der Waals surface area contributed by atoms with E-state index in [1.54, 1.807) is 27.9 Å². The zero-order valence-corrected chi connectivity index (χ0v) is 27.5. The zero-order chi connectivity index (χ0) is 33.9. The van der Waals surface area contributed by atoms with Crippen LogP contribution in [0.2, 0.25) is 0 Å². The minimum absolute atomic E-state index is 0.0516. The van der Waals surface area contributed by atoms with Crippen molar-refractivity contribution in [2.75, 3.05) is 37.7 Å². The molecule has 14 heteroatoms. The molecule has 1 unspecified atom stereocenters. The zero-order valence-electron chi connectivity index (χ0n) is 27.5. The fourth-order valence-corrected chi connectivity index (χ4v) is 6.75. The molecule has 0 saturated carbocycles. The van der Waals surface area contributed by atoms with Gasteiger partial charge < -0.3 is 24.4 Å². The Morgan fingerprint density at radius 3 is 2.77 bits per heavy atom. The predicted octanol–water partition coefficient (Wildman–Crippen LogP) is 3.88. The largest absolute Gasteiger partial charge is 0.489 e. The number of ether oxygens (including phenoxy) is 2. The van der Waals surface area contributed by atoms with Crippen LogP contribution in [-0.4, -0.2) is 85.3 Å². The summed E-state index contributed by atoms with van der Waals surface area (Å²) in [6.07, 6.45) is 3.26. The number of halogens is 1. The number of aliphatic hydroxyl groups is 1. The van der Waals surface area contributed by atoms with Crippen LogP contribution in [0.15, 0.2) is 47.5 Å². The minimum Gasteiger partial charge on any atom is -0.489 e. The lowest BCUT2D eigenvalue weighted by atomic mass is 10.0. The molecule has 2 aliphatic rings. The van der Waals surface area contributed by atoms with Crippen molar-refractivity contribution in [1.82, 2.24) is 29.6 Å². The van der Waals surface area contributed by atoms with Crippen molar-refractivity contribution in [2.24, 2.45) is 0 Å². The smallest absolute Gasteiger partial charge is 0.442 e. The first-order chi connectivity index (χ1) is 23.0. The summed E-state index contributed by atoms with van der Waals surface area (Å²) in [5, 5.41) is 17.8. The van der Waals surface area contributed by atoms with Gasteiger partial charge in [-0.25, -0.2) is 18.5 Å². The number of aromatic nitrogens is 6. The molecule has 0 bridgehead atoms. The number of hydrogen-bond donors (Lipinski definition) is 2. The third-order valence-corrected chi connectivity index (χ3v) is 8.82. The average molecular weight is 658 g/mol. The standard InChI is InChI=1S/C34H37FN8O5/c1-19-18-40(33(46)48-34(3,4)5)12-13-41(19)30-23-16-24(35)28(22-9-6-8-21-17-37-39-27(21)22)42-20(2)26-29(43(31(23)42)32(45)38-30)25(10-11-36-26)47-15-7-14-44/h6,8-11,16-17,19-20,44H,7,12-15,18H2,1-5H3/p+1/t19-,20?/m0/s1. The second-order valence-corrected chi connectivity index (χ2v) is 13.3. The summed E-state index contributed by atoms with van der Waals surface area (Å²) < 4.78 is 31.8. The first-order valence-electron chi connectivity index (χ1n) is 16.1. The van der Waals surface area contributed by atoms with Gasteiger partial charge in [0.25, 0.3) is 0 Å². The number of H-pyrrole nitrogens is 1. The van der Waals surface area contributed by atoms with E-state index >= 15 is 4.39 Å². The van der Waals surface area contributed by atoms with Gasteiger partial charge in [0.05, 0.1) is 23.9 Å². The van der Waals surface area contributed by atoms with E-state index in [0.717, 1.165) is 5.39 Å². The van der Waals surface area contributed by atoms with Crippen LogP contribution in [0, 0.1) is 5.82 Å². The van der Waals surface area contributed by atoms with Crippen LogP contribution in [-0.2, 0) is 4.74 Å². The molecule has 0 aliphatic carbocycles. The summed E-state index contributed by atoms with van der Waals surface area (Å²) in [6, 6.07) is 7.86. The highest BCUT2D eigenvalue weighted by Crippen LogP contribution is 2.39. The Hall–Kier alpha value is -5.11. The maximum atomic E-state index is 16.8. The van der Waals surface area contributed by atoms with Crippen LogP contribution in [0.5, 0.6) is 5.75 Å². The lowest BCUT2D eigenvalue weighted by Gasteiger charge is -2.41. The van der Waals surface area contributed by atoms with Crippen molar-refractivity contribution >= 4 is 33.8 Å². The fraction of sp³-hybridized carbons (Fsp3) is 0.412. The topological polar surface area (TPSA) is 143 Å². The summed E-state index contributed by atoms with van der Waals surface area (Å²) in [5.74, 6) is 0.220. The molecule has 48 heavy (non-hydrogen) atoms. The van der Waals surface area contributed by atoms with Crippen LogP contribution in [0.25, 0.3) is 38.9 Å². The SMILES string of the molecule is CC1c2nccc(OCCCO)c2-n2c(=O)nc(N3CCN(C(=O)OC(C)(C)C)C[C@@H]3C)c3cc(F)c(-c4cccc5cn[nH]c45)[n+]1c32. The quantitative estimate of drug-likeness (QED) is 0.206. The number of carbonyl (C=O) groups excluding carboxylic acids is 1. The van der Waals surface area contributed by atoms with Crippen molar-refractivity contribution < 1.29 is 28.3 Å². The Kier molecular flexibility index (Phi) is 7.77. The van der Waals surface area contributed by atoms with E-state index in [-0.39, 0.29) is 24.9 Å². The first kappa shape index (κ1) is 31.5. The number of rotatable bonds is 6. The molecule has 2 N–H and O–H groups in total. The van der Waals surface area contributed by atoms with Gasteiger partial charge in [-0.05, 0) is 46.8 Å². The molecule has 0 radical (unpaired) electrons. The molecule has 4 aromatic heterocycles. The van der Waals surface area contributed by atoms with Crippen molar-refractivity contribution in [1.29, 1.82) is 0 Å². The molecule has 2 atom stereocenters. The fourth-order valence-electron chi connectivity index (χ4n) is 6.75. The van der Waals surface area contributed by atoms with Crippen molar-refractivity contribution in [3.63, 3.8) is 0 Å². The molecule has 13 nitrogen and oxygen atoms in total. The van der Waals surface area contributed by atoms with E-state index in [1.807, 2.05) is 57.7 Å². The van der Waals surface area contributed by atoms with Gasteiger partial charge >= 0.3 is 17.4 Å². The van der Waals surface area contributed by atoms with Crippen molar-refractivity contribution in [3.8, 4) is 22.7 Å². The van der Waals surface area contributed by atoms with E-state index in [2.05, 4.69) is 20.2 Å².